The van der Waals surface area contributed by atoms with Crippen LogP contribution in [0.25, 0.3) is 11.1 Å². The molecule has 0 bridgehead atoms. The van der Waals surface area contributed by atoms with Crippen LogP contribution in [0.1, 0.15) is 31.9 Å². The van der Waals surface area contributed by atoms with Crippen LogP contribution in [0.2, 0.25) is 0 Å². The first kappa shape index (κ1) is 17.5. The van der Waals surface area contributed by atoms with E-state index >= 15 is 0 Å². The summed E-state index contributed by atoms with van der Waals surface area (Å²) in [7, 11) is 0. The van der Waals surface area contributed by atoms with Crippen molar-refractivity contribution in [2.75, 3.05) is 0 Å². The zero-order valence-electron chi connectivity index (χ0n) is 13.9. The van der Waals surface area contributed by atoms with Crippen LogP contribution in [0.15, 0.2) is 46.9 Å². The normalized spacial score (nSPS) is 11.2. The lowest BCUT2D eigenvalue weighted by molar-refractivity contribution is 0.0523. The van der Waals surface area contributed by atoms with Gasteiger partial charge in [0.05, 0.1) is 0 Å². The van der Waals surface area contributed by atoms with Crippen LogP contribution >= 0.6 is 15.9 Å². The fourth-order valence-corrected chi connectivity index (χ4v) is 2.70. The number of alkyl carbamates (subject to hydrolysis) is 1. The first-order valence-electron chi connectivity index (χ1n) is 7.57. The maximum Gasteiger partial charge on any atom is 0.407 e. The van der Waals surface area contributed by atoms with Gasteiger partial charge in [0.15, 0.2) is 0 Å². The molecule has 0 aliphatic heterocycles. The zero-order chi connectivity index (χ0) is 17.0. The topological polar surface area (TPSA) is 38.3 Å². The van der Waals surface area contributed by atoms with Gasteiger partial charge in [0.1, 0.15) is 5.60 Å². The third kappa shape index (κ3) is 5.39. The lowest BCUT2D eigenvalue weighted by atomic mass is 9.98. The number of carbonyl (C=O) groups is 1. The van der Waals surface area contributed by atoms with Gasteiger partial charge in [0.25, 0.3) is 0 Å². The summed E-state index contributed by atoms with van der Waals surface area (Å²) in [5.41, 5.74) is 4.10. The minimum absolute atomic E-state index is 0.397. The Balaban J connectivity index is 2.06. The van der Waals surface area contributed by atoms with E-state index in [9.17, 15) is 4.79 Å². The average molecular weight is 376 g/mol. The SMILES string of the molecule is Cc1cc(CNC(=O)OC(C)(C)C)ccc1-c1cccc(Br)c1. The van der Waals surface area contributed by atoms with Crippen molar-refractivity contribution >= 4 is 22.0 Å². The first-order valence-corrected chi connectivity index (χ1v) is 8.36. The molecule has 23 heavy (non-hydrogen) atoms. The van der Waals surface area contributed by atoms with E-state index in [0.29, 0.717) is 6.54 Å². The summed E-state index contributed by atoms with van der Waals surface area (Å²) < 4.78 is 6.30. The van der Waals surface area contributed by atoms with Crippen molar-refractivity contribution < 1.29 is 9.53 Å². The van der Waals surface area contributed by atoms with E-state index in [-0.39, 0.29) is 0 Å². The molecule has 0 atom stereocenters. The highest BCUT2D eigenvalue weighted by Gasteiger charge is 2.15. The van der Waals surface area contributed by atoms with Gasteiger partial charge in [0.2, 0.25) is 0 Å². The van der Waals surface area contributed by atoms with Gasteiger partial charge in [0, 0.05) is 11.0 Å². The standard InChI is InChI=1S/C19H22BrNO2/c1-13-10-14(12-21-18(22)23-19(2,3)4)8-9-17(13)15-6-5-7-16(20)11-15/h5-11H,12H2,1-4H3,(H,21,22). The average Bonchev–Trinajstić information content (AvgIpc) is 2.43. The molecule has 122 valence electrons. The van der Waals surface area contributed by atoms with E-state index in [1.54, 1.807) is 0 Å². The fraction of sp³-hybridized carbons (Fsp3) is 0.316. The quantitative estimate of drug-likeness (QED) is 0.774. The van der Waals surface area contributed by atoms with Gasteiger partial charge in [-0.25, -0.2) is 4.79 Å². The van der Waals surface area contributed by atoms with Gasteiger partial charge in [-0.3, -0.25) is 0 Å². The lowest BCUT2D eigenvalue weighted by Crippen LogP contribution is -2.32. The Bertz CT molecular complexity index is 705. The van der Waals surface area contributed by atoms with Crippen LogP contribution in [0.5, 0.6) is 0 Å². The molecule has 1 N–H and O–H groups in total. The van der Waals surface area contributed by atoms with Crippen LogP contribution in [-0.4, -0.2) is 11.7 Å². The molecule has 0 aromatic heterocycles. The Morgan fingerprint density at radius 3 is 2.52 bits per heavy atom. The zero-order valence-corrected chi connectivity index (χ0v) is 15.5. The summed E-state index contributed by atoms with van der Waals surface area (Å²) in [4.78, 5) is 11.7. The largest absolute Gasteiger partial charge is 0.444 e. The van der Waals surface area contributed by atoms with Crippen molar-refractivity contribution in [3.63, 3.8) is 0 Å². The fourth-order valence-electron chi connectivity index (χ4n) is 2.30. The van der Waals surface area contributed by atoms with Crippen LogP contribution in [0.4, 0.5) is 4.79 Å². The number of hydrogen-bond donors (Lipinski definition) is 1. The molecule has 0 aliphatic rings. The van der Waals surface area contributed by atoms with E-state index in [0.717, 1.165) is 10.0 Å². The number of rotatable bonds is 3. The molecule has 2 aromatic rings. The van der Waals surface area contributed by atoms with Crippen molar-refractivity contribution in [2.45, 2.75) is 39.8 Å². The van der Waals surface area contributed by atoms with Crippen molar-refractivity contribution in [3.8, 4) is 11.1 Å². The third-order valence-electron chi connectivity index (χ3n) is 3.26. The number of benzene rings is 2. The Labute approximate surface area is 146 Å². The highest BCUT2D eigenvalue weighted by atomic mass is 79.9. The van der Waals surface area contributed by atoms with Gasteiger partial charge in [-0.2, -0.15) is 0 Å². The van der Waals surface area contributed by atoms with Crippen molar-refractivity contribution in [2.24, 2.45) is 0 Å². The van der Waals surface area contributed by atoms with Gasteiger partial charge >= 0.3 is 6.09 Å². The number of amides is 1. The molecule has 0 fully saturated rings. The summed E-state index contributed by atoms with van der Waals surface area (Å²) >= 11 is 3.50. The number of hydrogen-bond acceptors (Lipinski definition) is 2. The van der Waals surface area contributed by atoms with E-state index in [2.05, 4.69) is 52.4 Å². The predicted molar refractivity (Wildman–Crippen MR) is 97.4 cm³/mol. The third-order valence-corrected chi connectivity index (χ3v) is 3.76. The summed E-state index contributed by atoms with van der Waals surface area (Å²) in [6, 6.07) is 14.4. The van der Waals surface area contributed by atoms with Crippen molar-refractivity contribution in [1.82, 2.24) is 5.32 Å². The van der Waals surface area contributed by atoms with Gasteiger partial charge in [-0.15, -0.1) is 0 Å². The smallest absolute Gasteiger partial charge is 0.407 e. The summed E-state index contributed by atoms with van der Waals surface area (Å²) in [5, 5.41) is 2.78. The Morgan fingerprint density at radius 2 is 1.91 bits per heavy atom. The summed E-state index contributed by atoms with van der Waals surface area (Å²) in [6.07, 6.45) is -0.397. The van der Waals surface area contributed by atoms with Crippen LogP contribution < -0.4 is 5.32 Å². The second-order valence-electron chi connectivity index (χ2n) is 6.52. The summed E-state index contributed by atoms with van der Waals surface area (Å²) in [5.74, 6) is 0. The van der Waals surface area contributed by atoms with Gasteiger partial charge in [-0.1, -0.05) is 46.3 Å². The Hall–Kier alpha value is -1.81. The van der Waals surface area contributed by atoms with E-state index in [1.165, 1.54) is 16.7 Å². The minimum Gasteiger partial charge on any atom is -0.444 e. The number of nitrogens with one attached hydrogen (secondary N) is 1. The van der Waals surface area contributed by atoms with Crippen LogP contribution in [-0.2, 0) is 11.3 Å². The molecule has 0 radical (unpaired) electrons. The maximum atomic E-state index is 11.7. The van der Waals surface area contributed by atoms with Gasteiger partial charge < -0.3 is 10.1 Å². The number of carbonyl (C=O) groups excluding carboxylic acids is 1. The molecule has 0 spiro atoms. The first-order chi connectivity index (χ1) is 10.7. The molecule has 0 aliphatic carbocycles. The van der Waals surface area contributed by atoms with E-state index in [4.69, 9.17) is 4.74 Å². The molecule has 0 saturated heterocycles. The Morgan fingerprint density at radius 1 is 1.17 bits per heavy atom. The maximum absolute atomic E-state index is 11.7. The van der Waals surface area contributed by atoms with Gasteiger partial charge in [-0.05, 0) is 62.1 Å². The molecule has 2 aromatic carbocycles. The summed E-state index contributed by atoms with van der Waals surface area (Å²) in [6.45, 7) is 8.08. The number of halogens is 1. The molecule has 0 saturated carbocycles. The molecule has 0 heterocycles. The molecule has 0 unspecified atom stereocenters. The van der Waals surface area contributed by atoms with Crippen LogP contribution in [0, 0.1) is 6.92 Å². The molecular weight excluding hydrogens is 354 g/mol. The Kier molecular flexibility index (Phi) is 5.47. The van der Waals surface area contributed by atoms with Crippen molar-refractivity contribution in [1.29, 1.82) is 0 Å². The lowest BCUT2D eigenvalue weighted by Gasteiger charge is -2.19. The predicted octanol–water partition coefficient (Wildman–Crippen LogP) is 5.45. The molecule has 4 heteroatoms. The van der Waals surface area contributed by atoms with Crippen LogP contribution in [0.3, 0.4) is 0 Å². The monoisotopic (exact) mass is 375 g/mol. The number of ether oxygens (including phenoxy) is 1. The molecule has 2 rings (SSSR count). The second-order valence-corrected chi connectivity index (χ2v) is 7.43. The molecule has 1 amide bonds. The minimum atomic E-state index is -0.482. The second kappa shape index (κ2) is 7.18. The van der Waals surface area contributed by atoms with Crippen molar-refractivity contribution in [3.05, 3.63) is 58.1 Å². The number of aryl methyl sites for hydroxylation is 1. The molecular formula is C19H22BrNO2. The highest BCUT2D eigenvalue weighted by molar-refractivity contribution is 9.10. The van der Waals surface area contributed by atoms with E-state index in [1.807, 2.05) is 39.0 Å². The highest BCUT2D eigenvalue weighted by Crippen LogP contribution is 2.26. The van der Waals surface area contributed by atoms with E-state index < -0.39 is 11.7 Å². The molecule has 3 nitrogen and oxygen atoms in total.